The molecule has 10 nitrogen and oxygen atoms in total. The van der Waals surface area contributed by atoms with Gasteiger partial charge in [0.2, 0.25) is 5.91 Å². The molecule has 4 rings (SSSR count). The van der Waals surface area contributed by atoms with E-state index in [1.54, 1.807) is 20.8 Å². The van der Waals surface area contributed by atoms with Gasteiger partial charge >= 0.3 is 18.6 Å². The lowest BCUT2D eigenvalue weighted by Gasteiger charge is -2.22. The van der Waals surface area contributed by atoms with E-state index >= 15 is 0 Å². The van der Waals surface area contributed by atoms with Gasteiger partial charge in [-0.05, 0) is 81.0 Å². The minimum absolute atomic E-state index is 0.0152. The van der Waals surface area contributed by atoms with E-state index in [0.717, 1.165) is 12.8 Å². The van der Waals surface area contributed by atoms with Crippen LogP contribution in [0, 0.1) is 5.92 Å². The average Bonchev–Trinajstić information content (AvgIpc) is 3.81. The number of nitrogens with zero attached hydrogens (tertiary/aromatic N) is 1. The molecule has 0 aliphatic heterocycles. The van der Waals surface area contributed by atoms with Gasteiger partial charge in [0.05, 0.1) is 35.0 Å². The molecule has 47 heavy (non-hydrogen) atoms. The molecular weight excluding hydrogens is 661 g/mol. The molecule has 1 N–H and O–H groups in total. The molecule has 0 bridgehead atoms. The van der Waals surface area contributed by atoms with Crippen LogP contribution in [0.15, 0.2) is 48.8 Å². The van der Waals surface area contributed by atoms with Crippen molar-refractivity contribution >= 4 is 46.7 Å². The minimum atomic E-state index is -3.08. The highest BCUT2D eigenvalue weighted by atomic mass is 35.5. The van der Waals surface area contributed by atoms with Crippen molar-refractivity contribution in [3.63, 3.8) is 0 Å². The van der Waals surface area contributed by atoms with E-state index in [9.17, 15) is 23.2 Å². The Bertz CT molecular complexity index is 1590. The molecule has 252 valence electrons. The third-order valence-electron chi connectivity index (χ3n) is 6.75. The van der Waals surface area contributed by atoms with Crippen LogP contribution in [0.5, 0.6) is 17.2 Å². The molecule has 1 atom stereocenters. The number of alkyl halides is 2. The minimum Gasteiger partial charge on any atom is -0.495 e. The summed E-state index contributed by atoms with van der Waals surface area (Å²) in [5, 5.41) is 3.01. The monoisotopic (exact) mass is 694 g/mol. The van der Waals surface area contributed by atoms with Crippen LogP contribution in [-0.4, -0.2) is 48.8 Å². The predicted octanol–water partition coefficient (Wildman–Crippen LogP) is 7.60. The van der Waals surface area contributed by atoms with E-state index in [-0.39, 0.29) is 45.0 Å². The summed E-state index contributed by atoms with van der Waals surface area (Å²) < 4.78 is 53.3. The van der Waals surface area contributed by atoms with Crippen LogP contribution >= 0.6 is 23.2 Å². The number of rotatable bonds is 14. The fourth-order valence-electron chi connectivity index (χ4n) is 4.40. The van der Waals surface area contributed by atoms with Gasteiger partial charge in [0.1, 0.15) is 23.9 Å². The maximum atomic E-state index is 13.6. The fraction of sp³-hybridized carbons (Fsp3) is 0.394. The maximum Gasteiger partial charge on any atom is 0.387 e. The number of carbonyl (C=O) groups excluding carboxylic acids is 3. The Morgan fingerprint density at radius 2 is 1.68 bits per heavy atom. The molecule has 1 fully saturated rings. The molecular formula is C33H34Cl2F2N2O8. The first-order valence-electron chi connectivity index (χ1n) is 14.6. The molecule has 0 spiro atoms. The zero-order valence-corrected chi connectivity index (χ0v) is 27.6. The molecule has 1 saturated carbocycles. The average molecular weight is 696 g/mol. The molecule has 14 heteroatoms. The van der Waals surface area contributed by atoms with Crippen LogP contribution in [0.4, 0.5) is 14.5 Å². The Hall–Kier alpha value is -4.16. The lowest BCUT2D eigenvalue weighted by atomic mass is 10.0. The highest BCUT2D eigenvalue weighted by Gasteiger charge is 2.27. The number of esters is 2. The number of hydrogen-bond donors (Lipinski definition) is 1. The molecule has 1 unspecified atom stereocenters. The van der Waals surface area contributed by atoms with Gasteiger partial charge in [0.25, 0.3) is 0 Å². The Balaban J connectivity index is 1.63. The Labute approximate surface area is 280 Å². The number of nitrogens with one attached hydrogen (secondary N) is 1. The van der Waals surface area contributed by atoms with Crippen LogP contribution in [0.25, 0.3) is 0 Å². The van der Waals surface area contributed by atoms with Crippen molar-refractivity contribution < 1.29 is 46.8 Å². The van der Waals surface area contributed by atoms with Crippen molar-refractivity contribution in [1.29, 1.82) is 0 Å². The number of carbonyl (C=O) groups is 3. The molecule has 1 aliphatic carbocycles. The molecule has 2 aromatic carbocycles. The zero-order valence-electron chi connectivity index (χ0n) is 26.1. The second-order valence-corrected chi connectivity index (χ2v) is 12.6. The summed E-state index contributed by atoms with van der Waals surface area (Å²) in [5.41, 5.74) is 0.170. The summed E-state index contributed by atoms with van der Waals surface area (Å²) in [6.07, 6.45) is 3.09. The number of anilines is 1. The number of benzene rings is 2. The zero-order chi connectivity index (χ0) is 34.3. The smallest absolute Gasteiger partial charge is 0.387 e. The van der Waals surface area contributed by atoms with E-state index in [1.807, 2.05) is 0 Å². The van der Waals surface area contributed by atoms with Gasteiger partial charge in [-0.25, -0.2) is 4.79 Å². The first kappa shape index (κ1) is 35.7. The highest BCUT2D eigenvalue weighted by molar-refractivity contribution is 6.35. The fourth-order valence-corrected chi connectivity index (χ4v) is 4.92. The standard InChI is InChI=1S/C33H34Cl2F2N2O8/c1-33(2,3)47-30(41)14-29(40)39-24-11-20(8-9-25(24)43-4)31(42)45-27(13-21-22(34)15-38-16-23(21)35)19-7-10-26(46-32(36)37)28(12-19)44-17-18-5-6-18/h7-12,15-16,18,27,32H,5-6,13-14,17H2,1-4H3,(H,39,40). The lowest BCUT2D eigenvalue weighted by molar-refractivity contribution is -0.155. The van der Waals surface area contributed by atoms with Crippen LogP contribution in [0.1, 0.15) is 67.6 Å². The Kier molecular flexibility index (Phi) is 11.9. The maximum absolute atomic E-state index is 13.6. The second-order valence-electron chi connectivity index (χ2n) is 11.7. The quantitative estimate of drug-likeness (QED) is 0.134. The second kappa shape index (κ2) is 15.6. The SMILES string of the molecule is COc1ccc(C(=O)OC(Cc2c(Cl)cncc2Cl)c2ccc(OC(F)F)c(OCC3CC3)c2)cc1NC(=O)CC(=O)OC(C)(C)C. The molecule has 1 aliphatic rings. The van der Waals surface area contributed by atoms with Gasteiger partial charge in [-0.15, -0.1) is 0 Å². The summed E-state index contributed by atoms with van der Waals surface area (Å²) in [7, 11) is 1.37. The van der Waals surface area contributed by atoms with Crippen molar-refractivity contribution in [2.24, 2.45) is 5.92 Å². The van der Waals surface area contributed by atoms with E-state index in [4.69, 9.17) is 42.1 Å². The van der Waals surface area contributed by atoms with Gasteiger partial charge in [0, 0.05) is 18.8 Å². The molecule has 1 amide bonds. The Morgan fingerprint density at radius 1 is 1.00 bits per heavy atom. The van der Waals surface area contributed by atoms with Crippen molar-refractivity contribution in [3.05, 3.63) is 75.5 Å². The van der Waals surface area contributed by atoms with Crippen LogP contribution in [0.2, 0.25) is 10.0 Å². The predicted molar refractivity (Wildman–Crippen MR) is 169 cm³/mol. The summed E-state index contributed by atoms with van der Waals surface area (Å²) >= 11 is 12.8. The first-order chi connectivity index (χ1) is 22.2. The first-order valence-corrected chi connectivity index (χ1v) is 15.4. The van der Waals surface area contributed by atoms with Gasteiger partial charge in [-0.1, -0.05) is 29.3 Å². The number of pyridine rings is 1. The summed E-state index contributed by atoms with van der Waals surface area (Å²) in [4.78, 5) is 42.3. The molecule has 0 radical (unpaired) electrons. The van der Waals surface area contributed by atoms with Gasteiger partial charge in [-0.3, -0.25) is 14.6 Å². The van der Waals surface area contributed by atoms with E-state index < -0.39 is 42.6 Å². The number of amides is 1. The van der Waals surface area contributed by atoms with Gasteiger partial charge < -0.3 is 29.0 Å². The molecule has 1 heterocycles. The number of methoxy groups -OCH3 is 1. The van der Waals surface area contributed by atoms with Crippen molar-refractivity contribution in [2.45, 2.75) is 64.8 Å². The van der Waals surface area contributed by atoms with Gasteiger partial charge in [0.15, 0.2) is 11.5 Å². The van der Waals surface area contributed by atoms with Crippen LogP contribution < -0.4 is 19.5 Å². The summed E-state index contributed by atoms with van der Waals surface area (Å²) in [5.74, 6) is -1.81. The summed E-state index contributed by atoms with van der Waals surface area (Å²) in [6, 6.07) is 8.47. The lowest BCUT2D eigenvalue weighted by Crippen LogP contribution is -2.27. The van der Waals surface area contributed by atoms with Crippen molar-refractivity contribution in [3.8, 4) is 17.2 Å². The molecule has 1 aromatic heterocycles. The molecule has 0 saturated heterocycles. The number of aromatic nitrogens is 1. The highest BCUT2D eigenvalue weighted by Crippen LogP contribution is 2.38. The van der Waals surface area contributed by atoms with Crippen molar-refractivity contribution in [2.75, 3.05) is 19.0 Å². The van der Waals surface area contributed by atoms with E-state index in [2.05, 4.69) is 15.0 Å². The molecule has 3 aromatic rings. The number of hydrogen-bond acceptors (Lipinski definition) is 9. The van der Waals surface area contributed by atoms with E-state index in [0.29, 0.717) is 23.7 Å². The number of halogens is 4. The van der Waals surface area contributed by atoms with E-state index in [1.165, 1.54) is 55.9 Å². The van der Waals surface area contributed by atoms with Gasteiger partial charge in [-0.2, -0.15) is 8.78 Å². The van der Waals surface area contributed by atoms with Crippen LogP contribution in [-0.2, 0) is 25.5 Å². The summed E-state index contributed by atoms with van der Waals surface area (Å²) in [6.45, 7) is 2.26. The Morgan fingerprint density at radius 3 is 2.30 bits per heavy atom. The van der Waals surface area contributed by atoms with Crippen molar-refractivity contribution in [1.82, 2.24) is 4.98 Å². The largest absolute Gasteiger partial charge is 0.495 e. The van der Waals surface area contributed by atoms with Crippen LogP contribution in [0.3, 0.4) is 0 Å². The normalized spacial score (nSPS) is 13.5. The number of ether oxygens (including phenoxy) is 5. The third-order valence-corrected chi connectivity index (χ3v) is 7.40. The topological polar surface area (TPSA) is 122 Å². The third kappa shape index (κ3) is 10.7.